The van der Waals surface area contributed by atoms with Crippen LogP contribution in [0.2, 0.25) is 0 Å². The van der Waals surface area contributed by atoms with Crippen LogP contribution >= 0.6 is 0 Å². The van der Waals surface area contributed by atoms with Crippen molar-refractivity contribution >= 4 is 0 Å². The van der Waals surface area contributed by atoms with Crippen LogP contribution < -0.4 is 10.5 Å². The Labute approximate surface area is 149 Å². The van der Waals surface area contributed by atoms with Crippen molar-refractivity contribution in [2.45, 2.75) is 19.8 Å². The predicted molar refractivity (Wildman–Crippen MR) is 102 cm³/mol. The molecule has 0 bridgehead atoms. The Kier molecular flexibility index (Phi) is 5.19. The van der Waals surface area contributed by atoms with E-state index in [1.807, 2.05) is 42.9 Å². The van der Waals surface area contributed by atoms with E-state index in [0.717, 1.165) is 28.3 Å². The monoisotopic (exact) mass is 335 g/mol. The summed E-state index contributed by atoms with van der Waals surface area (Å²) in [6.07, 6.45) is 0. The molecule has 3 rings (SSSR count). The van der Waals surface area contributed by atoms with Crippen molar-refractivity contribution in [3.8, 4) is 17.0 Å². The van der Waals surface area contributed by atoms with Crippen LogP contribution in [-0.4, -0.2) is 22.9 Å². The van der Waals surface area contributed by atoms with Gasteiger partial charge in [0.05, 0.1) is 12.3 Å². The predicted octanol–water partition coefficient (Wildman–Crippen LogP) is 3.88. The zero-order valence-electron chi connectivity index (χ0n) is 15.1. The highest BCUT2D eigenvalue weighted by molar-refractivity contribution is 5.59. The molecule has 0 fully saturated rings. The van der Waals surface area contributed by atoms with Crippen LogP contribution in [0.25, 0.3) is 11.3 Å². The first kappa shape index (κ1) is 17.2. The van der Waals surface area contributed by atoms with E-state index in [4.69, 9.17) is 10.5 Å². The second kappa shape index (κ2) is 7.53. The number of rotatable bonds is 6. The third-order valence-corrected chi connectivity index (χ3v) is 4.48. The van der Waals surface area contributed by atoms with E-state index in [1.54, 1.807) is 0 Å². The smallest absolute Gasteiger partial charge is 0.122 e. The topological polar surface area (TPSA) is 53.1 Å². The van der Waals surface area contributed by atoms with Gasteiger partial charge in [-0.15, -0.1) is 0 Å². The molecule has 1 aromatic heterocycles. The van der Waals surface area contributed by atoms with Gasteiger partial charge >= 0.3 is 0 Å². The minimum atomic E-state index is 0.101. The third-order valence-electron chi connectivity index (χ3n) is 4.48. The van der Waals surface area contributed by atoms with E-state index in [-0.39, 0.29) is 5.92 Å². The first-order valence-electron chi connectivity index (χ1n) is 8.66. The summed E-state index contributed by atoms with van der Waals surface area (Å²) in [4.78, 5) is 0. The first-order valence-corrected chi connectivity index (χ1v) is 8.66. The summed E-state index contributed by atoms with van der Waals surface area (Å²) in [6, 6.07) is 18.7. The number of hydrogen-bond acceptors (Lipinski definition) is 3. The van der Waals surface area contributed by atoms with Gasteiger partial charge in [0.1, 0.15) is 5.75 Å². The Balaban J connectivity index is 1.96. The van der Waals surface area contributed by atoms with E-state index < -0.39 is 0 Å². The highest BCUT2D eigenvalue weighted by Gasteiger charge is 2.19. The largest absolute Gasteiger partial charge is 0.494 e. The normalized spacial score (nSPS) is 12.2. The van der Waals surface area contributed by atoms with Gasteiger partial charge in [-0.2, -0.15) is 5.10 Å². The number of aryl methyl sites for hydroxylation is 2. The molecule has 4 heteroatoms. The SMILES string of the molecule is CCOc1ccc(C(CN)c2cc(-c3ccccc3)nn2C)cc1C. The molecule has 0 radical (unpaired) electrons. The Bertz CT molecular complexity index is 840. The van der Waals surface area contributed by atoms with Gasteiger partial charge in [-0.05, 0) is 37.1 Å². The Morgan fingerprint density at radius 2 is 1.88 bits per heavy atom. The number of hydrogen-bond donors (Lipinski definition) is 1. The van der Waals surface area contributed by atoms with Crippen molar-refractivity contribution in [3.63, 3.8) is 0 Å². The van der Waals surface area contributed by atoms with E-state index in [9.17, 15) is 0 Å². The molecule has 2 aromatic carbocycles. The Morgan fingerprint density at radius 3 is 2.52 bits per heavy atom. The second-order valence-electron chi connectivity index (χ2n) is 6.19. The third kappa shape index (κ3) is 3.59. The average molecular weight is 335 g/mol. The van der Waals surface area contributed by atoms with Crippen LogP contribution in [0.15, 0.2) is 54.6 Å². The number of ether oxygens (including phenoxy) is 1. The van der Waals surface area contributed by atoms with Gasteiger partial charge in [-0.25, -0.2) is 0 Å². The van der Waals surface area contributed by atoms with E-state index >= 15 is 0 Å². The fourth-order valence-electron chi connectivity index (χ4n) is 3.19. The van der Waals surface area contributed by atoms with Crippen molar-refractivity contribution in [1.29, 1.82) is 0 Å². The van der Waals surface area contributed by atoms with Crippen LogP contribution in [0.5, 0.6) is 5.75 Å². The molecule has 2 N–H and O–H groups in total. The van der Waals surface area contributed by atoms with Crippen molar-refractivity contribution in [1.82, 2.24) is 9.78 Å². The summed E-state index contributed by atoms with van der Waals surface area (Å²) in [6.45, 7) is 5.27. The summed E-state index contributed by atoms with van der Waals surface area (Å²) in [7, 11) is 1.98. The molecule has 3 aromatic rings. The summed E-state index contributed by atoms with van der Waals surface area (Å²) in [5.74, 6) is 1.03. The zero-order valence-corrected chi connectivity index (χ0v) is 15.1. The molecule has 0 aliphatic rings. The van der Waals surface area contributed by atoms with Crippen LogP contribution in [0.1, 0.15) is 29.7 Å². The minimum Gasteiger partial charge on any atom is -0.494 e. The summed E-state index contributed by atoms with van der Waals surface area (Å²) in [5.41, 5.74) is 11.6. The van der Waals surface area contributed by atoms with Crippen molar-refractivity contribution in [3.05, 3.63) is 71.4 Å². The van der Waals surface area contributed by atoms with Crippen LogP contribution in [0.4, 0.5) is 0 Å². The summed E-state index contributed by atoms with van der Waals surface area (Å²) >= 11 is 0. The van der Waals surface area contributed by atoms with Gasteiger partial charge in [0, 0.05) is 30.8 Å². The number of nitrogens with zero attached hydrogens (tertiary/aromatic N) is 2. The summed E-state index contributed by atoms with van der Waals surface area (Å²) in [5, 5.41) is 4.68. The van der Waals surface area contributed by atoms with Gasteiger partial charge in [0.25, 0.3) is 0 Å². The zero-order chi connectivity index (χ0) is 17.8. The lowest BCUT2D eigenvalue weighted by atomic mass is 9.93. The highest BCUT2D eigenvalue weighted by Crippen LogP contribution is 2.30. The maximum Gasteiger partial charge on any atom is 0.122 e. The Hall–Kier alpha value is -2.59. The molecule has 4 nitrogen and oxygen atoms in total. The average Bonchev–Trinajstić information content (AvgIpc) is 3.01. The lowest BCUT2D eigenvalue weighted by Crippen LogP contribution is -2.17. The lowest BCUT2D eigenvalue weighted by molar-refractivity contribution is 0.337. The minimum absolute atomic E-state index is 0.101. The van der Waals surface area contributed by atoms with Gasteiger partial charge in [0.15, 0.2) is 0 Å². The fraction of sp³-hybridized carbons (Fsp3) is 0.286. The van der Waals surface area contributed by atoms with E-state index in [1.165, 1.54) is 5.56 Å². The molecule has 0 aliphatic heterocycles. The number of benzene rings is 2. The second-order valence-corrected chi connectivity index (χ2v) is 6.19. The Morgan fingerprint density at radius 1 is 1.12 bits per heavy atom. The molecular weight excluding hydrogens is 310 g/mol. The highest BCUT2D eigenvalue weighted by atomic mass is 16.5. The van der Waals surface area contributed by atoms with Crippen molar-refractivity contribution in [2.24, 2.45) is 12.8 Å². The molecule has 25 heavy (non-hydrogen) atoms. The molecule has 1 atom stereocenters. The first-order chi connectivity index (χ1) is 12.1. The summed E-state index contributed by atoms with van der Waals surface area (Å²) < 4.78 is 7.58. The standard InChI is InChI=1S/C21H25N3O/c1-4-25-21-11-10-17(12-15(21)2)18(14-22)20-13-19(23-24(20)3)16-8-6-5-7-9-16/h5-13,18H,4,14,22H2,1-3H3. The maximum atomic E-state index is 6.13. The maximum absolute atomic E-state index is 6.13. The number of nitrogens with two attached hydrogens (primary N) is 1. The van der Waals surface area contributed by atoms with Crippen molar-refractivity contribution in [2.75, 3.05) is 13.2 Å². The lowest BCUT2D eigenvalue weighted by Gasteiger charge is -2.17. The van der Waals surface area contributed by atoms with Crippen molar-refractivity contribution < 1.29 is 4.74 Å². The molecule has 0 saturated heterocycles. The van der Waals surface area contributed by atoms with Crippen LogP contribution in [0.3, 0.4) is 0 Å². The molecule has 0 spiro atoms. The van der Waals surface area contributed by atoms with Gasteiger partial charge < -0.3 is 10.5 Å². The quantitative estimate of drug-likeness (QED) is 0.743. The van der Waals surface area contributed by atoms with E-state index in [0.29, 0.717) is 13.2 Å². The molecule has 0 aliphatic carbocycles. The van der Waals surface area contributed by atoms with Crippen LogP contribution in [0, 0.1) is 6.92 Å². The number of aromatic nitrogens is 2. The molecule has 1 unspecified atom stereocenters. The van der Waals surface area contributed by atoms with Gasteiger partial charge in [0.2, 0.25) is 0 Å². The molecular formula is C21H25N3O. The molecule has 130 valence electrons. The molecule has 1 heterocycles. The van der Waals surface area contributed by atoms with E-state index in [2.05, 4.69) is 42.4 Å². The fourth-order valence-corrected chi connectivity index (χ4v) is 3.19. The van der Waals surface area contributed by atoms with Gasteiger partial charge in [-0.1, -0.05) is 42.5 Å². The van der Waals surface area contributed by atoms with Crippen LogP contribution in [-0.2, 0) is 7.05 Å². The van der Waals surface area contributed by atoms with Gasteiger partial charge in [-0.3, -0.25) is 4.68 Å². The molecule has 0 saturated carbocycles. The molecule has 0 amide bonds.